The summed E-state index contributed by atoms with van der Waals surface area (Å²) in [6, 6.07) is 0. The minimum atomic E-state index is -0.519. The second-order valence-electron chi connectivity index (χ2n) is 10.2. The summed E-state index contributed by atoms with van der Waals surface area (Å²) in [5.41, 5.74) is 0.870. The fraction of sp³-hybridized carbons (Fsp3) is 0.818. The number of Topliss-reactive ketones (excluding diaryl/α,β-unsaturated/α-hetero) is 1. The average Bonchev–Trinajstić information content (AvgIpc) is 3.13. The van der Waals surface area contributed by atoms with Crippen molar-refractivity contribution in [3.8, 4) is 0 Å². The molecule has 4 aliphatic carbocycles. The quantitative estimate of drug-likeness (QED) is 0.670. The van der Waals surface area contributed by atoms with Crippen LogP contribution in [0.1, 0.15) is 72.6 Å². The Kier molecular flexibility index (Phi) is 2.90. The van der Waals surface area contributed by atoms with Crippen LogP contribution in [-0.4, -0.2) is 22.8 Å². The minimum absolute atomic E-state index is 0.00316. The maximum atomic E-state index is 12.6. The number of hydrogen-bond acceptors (Lipinski definition) is 3. The number of rotatable bonds is 1. The number of hydrogen-bond donors (Lipinski definition) is 0. The molecule has 0 aromatic heterocycles. The van der Waals surface area contributed by atoms with Crippen LogP contribution in [0.3, 0.4) is 0 Å². The zero-order chi connectivity index (χ0) is 17.8. The van der Waals surface area contributed by atoms with E-state index in [1.165, 1.54) is 18.4 Å². The van der Waals surface area contributed by atoms with Crippen molar-refractivity contribution in [2.24, 2.45) is 28.6 Å². The van der Waals surface area contributed by atoms with E-state index in [4.69, 9.17) is 4.74 Å². The SMILES string of the molecule is CC(=O)[C@@]12O[C@]1(C)CC1[C@@H]3CCC4=CC(=O)CC[C@]4(C)C3CC[C@@]12C. The first-order valence-corrected chi connectivity index (χ1v) is 10.1. The molecule has 0 aromatic carbocycles. The minimum Gasteiger partial charge on any atom is -0.354 e. The fourth-order valence-corrected chi connectivity index (χ4v) is 8.18. The normalized spacial score (nSPS) is 56.2. The maximum absolute atomic E-state index is 12.6. The number of carbonyl (C=O) groups excluding carboxylic acids is 2. The van der Waals surface area contributed by atoms with E-state index in [0.717, 1.165) is 25.7 Å². The molecule has 1 aliphatic heterocycles. The molecule has 0 N–H and O–H groups in total. The van der Waals surface area contributed by atoms with Gasteiger partial charge in [0.2, 0.25) is 0 Å². The van der Waals surface area contributed by atoms with Crippen molar-refractivity contribution in [3.05, 3.63) is 11.6 Å². The number of carbonyl (C=O) groups is 2. The van der Waals surface area contributed by atoms with Crippen LogP contribution in [0.5, 0.6) is 0 Å². The molecule has 0 aromatic rings. The number of fused-ring (bicyclic) bond motifs is 7. The topological polar surface area (TPSA) is 46.7 Å². The highest BCUT2D eigenvalue weighted by Gasteiger charge is 2.85. The van der Waals surface area contributed by atoms with Crippen molar-refractivity contribution in [1.29, 1.82) is 0 Å². The monoisotopic (exact) mass is 342 g/mol. The lowest BCUT2D eigenvalue weighted by Crippen LogP contribution is -2.54. The molecule has 4 fully saturated rings. The molecule has 1 heterocycles. The highest BCUT2D eigenvalue weighted by Crippen LogP contribution is 2.77. The number of ketones is 2. The Morgan fingerprint density at radius 1 is 1.12 bits per heavy atom. The summed E-state index contributed by atoms with van der Waals surface area (Å²) >= 11 is 0. The smallest absolute Gasteiger partial charge is 0.165 e. The summed E-state index contributed by atoms with van der Waals surface area (Å²) in [5.74, 6) is 2.50. The van der Waals surface area contributed by atoms with Crippen LogP contribution in [0.4, 0.5) is 0 Å². The number of ether oxygens (including phenoxy) is 1. The van der Waals surface area contributed by atoms with Crippen LogP contribution in [0.15, 0.2) is 11.6 Å². The van der Waals surface area contributed by atoms with Gasteiger partial charge in [-0.25, -0.2) is 0 Å². The van der Waals surface area contributed by atoms with Gasteiger partial charge < -0.3 is 4.74 Å². The molecule has 136 valence electrons. The van der Waals surface area contributed by atoms with Gasteiger partial charge in [-0.05, 0) is 81.6 Å². The van der Waals surface area contributed by atoms with E-state index in [0.29, 0.717) is 30.0 Å². The Morgan fingerprint density at radius 2 is 1.88 bits per heavy atom. The zero-order valence-electron chi connectivity index (χ0n) is 16.0. The Bertz CT molecular complexity index is 723. The molecule has 1 saturated heterocycles. The van der Waals surface area contributed by atoms with Gasteiger partial charge in [-0.1, -0.05) is 19.4 Å². The predicted molar refractivity (Wildman–Crippen MR) is 95.0 cm³/mol. The molecule has 0 amide bonds. The molecular formula is C22H30O3. The lowest BCUT2D eigenvalue weighted by Gasteiger charge is -2.58. The van der Waals surface area contributed by atoms with E-state index in [1.54, 1.807) is 6.92 Å². The van der Waals surface area contributed by atoms with Crippen LogP contribution in [0.25, 0.3) is 0 Å². The van der Waals surface area contributed by atoms with Gasteiger partial charge in [0.05, 0.1) is 0 Å². The van der Waals surface area contributed by atoms with Crippen LogP contribution >= 0.6 is 0 Å². The van der Waals surface area contributed by atoms with Crippen LogP contribution in [0, 0.1) is 28.6 Å². The Morgan fingerprint density at radius 3 is 2.60 bits per heavy atom. The van der Waals surface area contributed by atoms with Crippen molar-refractivity contribution >= 4 is 11.6 Å². The highest BCUT2D eigenvalue weighted by atomic mass is 16.6. The van der Waals surface area contributed by atoms with Crippen LogP contribution in [0.2, 0.25) is 0 Å². The van der Waals surface area contributed by atoms with Gasteiger partial charge in [0.1, 0.15) is 5.60 Å². The van der Waals surface area contributed by atoms with Crippen molar-refractivity contribution < 1.29 is 14.3 Å². The Hall–Kier alpha value is -0.960. The molecule has 0 bridgehead atoms. The number of allylic oxidation sites excluding steroid dienone is 1. The molecule has 25 heavy (non-hydrogen) atoms. The first kappa shape index (κ1) is 16.2. The molecule has 2 unspecified atom stereocenters. The van der Waals surface area contributed by atoms with Gasteiger partial charge in [0.15, 0.2) is 17.2 Å². The summed E-state index contributed by atoms with van der Waals surface area (Å²) in [6.45, 7) is 8.66. The lowest BCUT2D eigenvalue weighted by atomic mass is 9.46. The third kappa shape index (κ3) is 1.63. The maximum Gasteiger partial charge on any atom is 0.165 e. The van der Waals surface area contributed by atoms with E-state index in [-0.39, 0.29) is 22.2 Å². The van der Waals surface area contributed by atoms with E-state index < -0.39 is 5.60 Å². The average molecular weight is 342 g/mol. The van der Waals surface area contributed by atoms with Gasteiger partial charge in [-0.2, -0.15) is 0 Å². The Labute approximate surface area is 150 Å². The lowest BCUT2D eigenvalue weighted by molar-refractivity contribution is -0.137. The van der Waals surface area contributed by atoms with Crippen LogP contribution in [-0.2, 0) is 14.3 Å². The van der Waals surface area contributed by atoms with E-state index in [1.807, 2.05) is 6.08 Å². The summed E-state index contributed by atoms with van der Waals surface area (Å²) in [4.78, 5) is 24.5. The van der Waals surface area contributed by atoms with Gasteiger partial charge in [-0.3, -0.25) is 9.59 Å². The first-order valence-electron chi connectivity index (χ1n) is 10.1. The standard InChI is InChI=1S/C22H30O3/c1-13(23)22-20(3)10-8-17-16(18(20)12-21(22,4)25-22)6-5-14-11-15(24)7-9-19(14,17)2/h11,16-18H,5-10,12H2,1-4H3/t16-,17?,18?,19+,20+,21-,22+/m1/s1. The molecule has 0 radical (unpaired) electrons. The third-order valence-corrected chi connectivity index (χ3v) is 9.34. The second-order valence-corrected chi connectivity index (χ2v) is 10.2. The molecular weight excluding hydrogens is 312 g/mol. The first-order chi connectivity index (χ1) is 11.7. The van der Waals surface area contributed by atoms with E-state index in [2.05, 4.69) is 20.8 Å². The van der Waals surface area contributed by atoms with E-state index >= 15 is 0 Å². The second kappa shape index (κ2) is 4.47. The highest BCUT2D eigenvalue weighted by molar-refractivity contribution is 5.92. The predicted octanol–water partition coefficient (Wildman–Crippen LogP) is 4.24. The summed E-state index contributed by atoms with van der Waals surface area (Å²) in [6.07, 6.45) is 9.26. The summed E-state index contributed by atoms with van der Waals surface area (Å²) in [5, 5.41) is 0. The van der Waals surface area contributed by atoms with Gasteiger partial charge in [-0.15, -0.1) is 0 Å². The van der Waals surface area contributed by atoms with Gasteiger partial charge in [0.25, 0.3) is 0 Å². The van der Waals surface area contributed by atoms with Gasteiger partial charge >= 0.3 is 0 Å². The van der Waals surface area contributed by atoms with Crippen molar-refractivity contribution in [1.82, 2.24) is 0 Å². The van der Waals surface area contributed by atoms with Crippen molar-refractivity contribution in [3.63, 3.8) is 0 Å². The molecule has 3 heteroatoms. The summed E-state index contributed by atoms with van der Waals surface area (Å²) in [7, 11) is 0. The summed E-state index contributed by atoms with van der Waals surface area (Å²) < 4.78 is 6.18. The number of epoxide rings is 1. The van der Waals surface area contributed by atoms with E-state index in [9.17, 15) is 9.59 Å². The van der Waals surface area contributed by atoms with Crippen molar-refractivity contribution in [2.75, 3.05) is 0 Å². The zero-order valence-corrected chi connectivity index (χ0v) is 16.0. The molecule has 3 nitrogen and oxygen atoms in total. The Balaban J connectivity index is 1.54. The van der Waals surface area contributed by atoms with Gasteiger partial charge in [0, 0.05) is 11.8 Å². The molecule has 5 rings (SSSR count). The largest absolute Gasteiger partial charge is 0.354 e. The molecule has 0 spiro atoms. The third-order valence-electron chi connectivity index (χ3n) is 9.34. The van der Waals surface area contributed by atoms with Crippen LogP contribution < -0.4 is 0 Å². The molecule has 3 saturated carbocycles. The molecule has 5 aliphatic rings. The molecule has 7 atom stereocenters. The van der Waals surface area contributed by atoms with Crippen molar-refractivity contribution in [2.45, 2.75) is 83.8 Å². The fourth-order valence-electron chi connectivity index (χ4n) is 8.18.